The molecule has 1 aromatic carbocycles. The molecule has 0 fully saturated rings. The molecule has 0 unspecified atom stereocenters. The van der Waals surface area contributed by atoms with Crippen LogP contribution in [0.2, 0.25) is 0 Å². The lowest BCUT2D eigenvalue weighted by Gasteiger charge is -2.27. The minimum atomic E-state index is -3.53. The van der Waals surface area contributed by atoms with Gasteiger partial charge < -0.3 is 4.98 Å². The number of sulfone groups is 1. The Hall–Kier alpha value is -2.45. The summed E-state index contributed by atoms with van der Waals surface area (Å²) in [5, 5.41) is 1.08. The lowest BCUT2D eigenvalue weighted by Crippen LogP contribution is -2.37. The SMILES string of the molecule is CCS(=O)(=O)c1c[nH]c(=O)c(C(=O)N2Cc3ccccc3CO2)c1. The molecular weight excluding hydrogens is 332 g/mol. The van der Waals surface area contributed by atoms with Crippen LogP contribution >= 0.6 is 0 Å². The van der Waals surface area contributed by atoms with E-state index in [1.54, 1.807) is 0 Å². The number of aromatic nitrogens is 1. The van der Waals surface area contributed by atoms with Gasteiger partial charge in [-0.25, -0.2) is 13.5 Å². The summed E-state index contributed by atoms with van der Waals surface area (Å²) in [5.74, 6) is -0.792. The zero-order chi connectivity index (χ0) is 17.3. The van der Waals surface area contributed by atoms with Crippen molar-refractivity contribution in [1.29, 1.82) is 0 Å². The minimum Gasteiger partial charge on any atom is -0.327 e. The highest BCUT2D eigenvalue weighted by Crippen LogP contribution is 2.21. The van der Waals surface area contributed by atoms with Gasteiger partial charge >= 0.3 is 0 Å². The van der Waals surface area contributed by atoms with Gasteiger partial charge in [-0.05, 0) is 17.2 Å². The van der Waals surface area contributed by atoms with E-state index in [0.717, 1.165) is 28.5 Å². The van der Waals surface area contributed by atoms with E-state index >= 15 is 0 Å². The molecule has 24 heavy (non-hydrogen) atoms. The first-order valence-electron chi connectivity index (χ1n) is 7.39. The summed E-state index contributed by atoms with van der Waals surface area (Å²) in [4.78, 5) is 32.2. The maximum Gasteiger partial charge on any atom is 0.283 e. The molecule has 0 saturated carbocycles. The first-order valence-corrected chi connectivity index (χ1v) is 9.04. The van der Waals surface area contributed by atoms with Crippen LogP contribution in [0.25, 0.3) is 0 Å². The number of nitrogens with one attached hydrogen (secondary N) is 1. The standard InChI is InChI=1S/C16H16N2O5S/c1-2-24(21,22)13-7-14(15(19)17-8-13)16(20)18-9-11-5-3-4-6-12(11)10-23-18/h3-8H,2,9-10H2,1H3,(H,17,19). The summed E-state index contributed by atoms with van der Waals surface area (Å²) in [6.45, 7) is 1.90. The van der Waals surface area contributed by atoms with Crippen molar-refractivity contribution in [2.45, 2.75) is 25.0 Å². The Balaban J connectivity index is 1.94. The lowest BCUT2D eigenvalue weighted by atomic mass is 10.1. The highest BCUT2D eigenvalue weighted by molar-refractivity contribution is 7.91. The lowest BCUT2D eigenvalue weighted by molar-refractivity contribution is -0.149. The second-order valence-electron chi connectivity index (χ2n) is 5.37. The van der Waals surface area contributed by atoms with Gasteiger partial charge in [0.05, 0.1) is 17.2 Å². The van der Waals surface area contributed by atoms with Crippen molar-refractivity contribution < 1.29 is 18.0 Å². The number of hydrogen-bond acceptors (Lipinski definition) is 5. The monoisotopic (exact) mass is 348 g/mol. The molecule has 7 nitrogen and oxygen atoms in total. The average molecular weight is 348 g/mol. The van der Waals surface area contributed by atoms with Crippen LogP contribution < -0.4 is 5.56 Å². The summed E-state index contributed by atoms with van der Waals surface area (Å²) in [6.07, 6.45) is 1.10. The molecule has 1 aliphatic heterocycles. The molecule has 0 bridgehead atoms. The molecule has 1 aliphatic rings. The van der Waals surface area contributed by atoms with Gasteiger partial charge in [-0.3, -0.25) is 14.4 Å². The van der Waals surface area contributed by atoms with Crippen molar-refractivity contribution in [1.82, 2.24) is 10.0 Å². The molecule has 8 heteroatoms. The van der Waals surface area contributed by atoms with Crippen LogP contribution in [0.5, 0.6) is 0 Å². The third kappa shape index (κ3) is 2.98. The number of fused-ring (bicyclic) bond motifs is 1. The molecule has 1 amide bonds. The van der Waals surface area contributed by atoms with Crippen LogP contribution in [0.4, 0.5) is 0 Å². The number of H-pyrrole nitrogens is 1. The number of hydrogen-bond donors (Lipinski definition) is 1. The normalized spacial score (nSPS) is 14.3. The van der Waals surface area contributed by atoms with Crippen LogP contribution in [0.3, 0.4) is 0 Å². The van der Waals surface area contributed by atoms with E-state index in [2.05, 4.69) is 4.98 Å². The molecular formula is C16H16N2O5S. The Morgan fingerprint density at radius 2 is 2.00 bits per heavy atom. The predicted octanol–water partition coefficient (Wildman–Crippen LogP) is 1.26. The molecule has 2 aromatic rings. The van der Waals surface area contributed by atoms with E-state index in [0.29, 0.717) is 0 Å². The summed E-state index contributed by atoms with van der Waals surface area (Å²) in [6, 6.07) is 8.61. The highest BCUT2D eigenvalue weighted by atomic mass is 32.2. The first-order chi connectivity index (χ1) is 11.4. The van der Waals surface area contributed by atoms with E-state index in [4.69, 9.17) is 4.84 Å². The van der Waals surface area contributed by atoms with Gasteiger partial charge in [0.15, 0.2) is 9.84 Å². The largest absolute Gasteiger partial charge is 0.327 e. The van der Waals surface area contributed by atoms with E-state index in [1.807, 2.05) is 24.3 Å². The van der Waals surface area contributed by atoms with Crippen molar-refractivity contribution in [2.24, 2.45) is 0 Å². The van der Waals surface area contributed by atoms with Gasteiger partial charge in [-0.2, -0.15) is 0 Å². The summed E-state index contributed by atoms with van der Waals surface area (Å²) < 4.78 is 23.9. The summed E-state index contributed by atoms with van der Waals surface area (Å²) >= 11 is 0. The van der Waals surface area contributed by atoms with Gasteiger partial charge in [0, 0.05) is 6.20 Å². The number of amides is 1. The maximum absolute atomic E-state index is 12.6. The van der Waals surface area contributed by atoms with Gasteiger partial charge in [0.2, 0.25) is 0 Å². The number of hydroxylamine groups is 2. The topological polar surface area (TPSA) is 96.5 Å². The Bertz CT molecular complexity index is 949. The molecule has 126 valence electrons. The second kappa shape index (κ2) is 6.21. The molecule has 0 spiro atoms. The third-order valence-electron chi connectivity index (χ3n) is 3.88. The second-order valence-corrected chi connectivity index (χ2v) is 7.64. The van der Waals surface area contributed by atoms with Crippen LogP contribution in [0.1, 0.15) is 28.4 Å². The van der Waals surface area contributed by atoms with Gasteiger partial charge in [-0.15, -0.1) is 0 Å². The molecule has 0 radical (unpaired) electrons. The van der Waals surface area contributed by atoms with Gasteiger partial charge in [0.25, 0.3) is 11.5 Å². The number of carbonyl (C=O) groups is 1. The molecule has 3 rings (SSSR count). The number of aromatic amines is 1. The predicted molar refractivity (Wildman–Crippen MR) is 85.9 cm³/mol. The van der Waals surface area contributed by atoms with E-state index < -0.39 is 21.3 Å². The van der Waals surface area contributed by atoms with E-state index in [9.17, 15) is 18.0 Å². The van der Waals surface area contributed by atoms with Crippen molar-refractivity contribution in [2.75, 3.05) is 5.75 Å². The quantitative estimate of drug-likeness (QED) is 0.901. The Kier molecular flexibility index (Phi) is 4.25. The highest BCUT2D eigenvalue weighted by Gasteiger charge is 2.26. The first kappa shape index (κ1) is 16.4. The fourth-order valence-electron chi connectivity index (χ4n) is 2.43. The van der Waals surface area contributed by atoms with Crippen molar-refractivity contribution in [3.05, 3.63) is 63.6 Å². The van der Waals surface area contributed by atoms with Gasteiger partial charge in [0.1, 0.15) is 12.2 Å². The number of nitrogens with zero attached hydrogens (tertiary/aromatic N) is 1. The van der Waals surface area contributed by atoms with Crippen molar-refractivity contribution in [3.8, 4) is 0 Å². The maximum atomic E-state index is 12.6. The smallest absolute Gasteiger partial charge is 0.283 e. The van der Waals surface area contributed by atoms with Gasteiger partial charge in [-0.1, -0.05) is 31.2 Å². The average Bonchev–Trinajstić information content (AvgIpc) is 2.61. The molecule has 1 N–H and O–H groups in total. The van der Waals surface area contributed by atoms with Crippen LogP contribution in [-0.2, 0) is 27.8 Å². The summed E-state index contributed by atoms with van der Waals surface area (Å²) in [5.41, 5.74) is 0.977. The zero-order valence-electron chi connectivity index (χ0n) is 13.0. The number of carbonyl (C=O) groups excluding carboxylic acids is 1. The fraction of sp³-hybridized carbons (Fsp3) is 0.250. The Morgan fingerprint density at radius 1 is 1.29 bits per heavy atom. The van der Waals surface area contributed by atoms with Crippen LogP contribution in [0, 0.1) is 0 Å². The minimum absolute atomic E-state index is 0.0923. The summed E-state index contributed by atoms with van der Waals surface area (Å²) in [7, 11) is -3.53. The van der Waals surface area contributed by atoms with Crippen molar-refractivity contribution >= 4 is 15.7 Å². The van der Waals surface area contributed by atoms with E-state index in [1.165, 1.54) is 6.92 Å². The molecule has 0 saturated heterocycles. The molecule has 0 aliphatic carbocycles. The number of rotatable bonds is 3. The Labute approximate surface area is 138 Å². The number of pyridine rings is 1. The van der Waals surface area contributed by atoms with Crippen LogP contribution in [0.15, 0.2) is 46.2 Å². The van der Waals surface area contributed by atoms with E-state index in [-0.39, 0.29) is 29.4 Å². The molecule has 1 aromatic heterocycles. The van der Waals surface area contributed by atoms with Crippen LogP contribution in [-0.4, -0.2) is 30.1 Å². The number of benzene rings is 1. The zero-order valence-corrected chi connectivity index (χ0v) is 13.8. The fourth-order valence-corrected chi connectivity index (χ4v) is 3.30. The Morgan fingerprint density at radius 3 is 2.71 bits per heavy atom. The van der Waals surface area contributed by atoms with Crippen molar-refractivity contribution in [3.63, 3.8) is 0 Å². The molecule has 0 atom stereocenters. The molecule has 2 heterocycles. The third-order valence-corrected chi connectivity index (χ3v) is 5.60.